The predicted molar refractivity (Wildman–Crippen MR) is 134 cm³/mol. The minimum atomic E-state index is -4.87. The number of carbonyl (C=O) groups is 1. The van der Waals surface area contributed by atoms with Gasteiger partial charge in [-0.1, -0.05) is 29.8 Å². The highest BCUT2D eigenvalue weighted by atomic mass is 19.4. The maximum atomic E-state index is 14.0. The Morgan fingerprint density at radius 3 is 2.62 bits per heavy atom. The molecule has 206 valence electrons. The number of carbonyl (C=O) groups excluding carboxylic acids is 1. The van der Waals surface area contributed by atoms with Gasteiger partial charge in [0.2, 0.25) is 11.9 Å². The van der Waals surface area contributed by atoms with Gasteiger partial charge in [-0.25, -0.2) is 24.9 Å². The van der Waals surface area contributed by atoms with E-state index in [1.165, 1.54) is 13.0 Å². The molecular formula is C25H25F4N7O3. The van der Waals surface area contributed by atoms with Crippen molar-refractivity contribution in [3.8, 4) is 11.1 Å². The van der Waals surface area contributed by atoms with Crippen LogP contribution in [0, 0.1) is 5.82 Å². The maximum absolute atomic E-state index is 14.0. The molecule has 1 unspecified atom stereocenters. The van der Waals surface area contributed by atoms with E-state index in [9.17, 15) is 27.2 Å². The highest BCUT2D eigenvalue weighted by molar-refractivity contribution is 5.77. The van der Waals surface area contributed by atoms with E-state index >= 15 is 0 Å². The van der Waals surface area contributed by atoms with E-state index in [0.29, 0.717) is 36.6 Å². The summed E-state index contributed by atoms with van der Waals surface area (Å²) in [5, 5.41) is 7.67. The molecule has 0 spiro atoms. The largest absolute Gasteiger partial charge is 0.423 e. The zero-order chi connectivity index (χ0) is 28.0. The lowest BCUT2D eigenvalue weighted by Crippen LogP contribution is -2.34. The van der Waals surface area contributed by atoms with Crippen molar-refractivity contribution in [2.24, 2.45) is 0 Å². The van der Waals surface area contributed by atoms with Crippen LogP contribution >= 0.6 is 0 Å². The van der Waals surface area contributed by atoms with E-state index in [0.717, 1.165) is 11.8 Å². The average molecular weight is 548 g/mol. The summed E-state index contributed by atoms with van der Waals surface area (Å²) in [5.74, 6) is -0.279. The van der Waals surface area contributed by atoms with Crippen molar-refractivity contribution in [1.82, 2.24) is 25.6 Å². The number of benzene rings is 1. The van der Waals surface area contributed by atoms with Gasteiger partial charge in [0.05, 0.1) is 18.5 Å². The predicted octanol–water partition coefficient (Wildman–Crippen LogP) is 3.46. The minimum absolute atomic E-state index is 0.0823. The topological polar surface area (TPSA) is 125 Å². The summed E-state index contributed by atoms with van der Waals surface area (Å²) < 4.78 is 53.4. The van der Waals surface area contributed by atoms with Crippen LogP contribution in [0.1, 0.15) is 25.3 Å². The summed E-state index contributed by atoms with van der Waals surface area (Å²) in [6.07, 6.45) is 1.68. The quantitative estimate of drug-likeness (QED) is 0.211. The fourth-order valence-electron chi connectivity index (χ4n) is 3.96. The molecule has 1 aromatic carbocycles. The standard InChI is InChI=1S/C25H25F4N7O3/c1-15(33-20-13-32-34-23(38)22(20)25(27,28)29)14-39-35-21(37)10-16-6-8-36(9-7-16)24-30-11-17(12-31-24)18-4-2-3-5-19(18)26/h2-6,11-13,15H,7-10,14H2,1H3,(H,35,37)(H2,33,34,38). The number of hydroxylamine groups is 1. The number of hydrogen-bond donors (Lipinski definition) is 3. The van der Waals surface area contributed by atoms with Crippen LogP contribution in [0.25, 0.3) is 11.1 Å². The third-order valence-electron chi connectivity index (χ3n) is 5.86. The molecule has 14 heteroatoms. The molecule has 0 saturated heterocycles. The van der Waals surface area contributed by atoms with Crippen LogP contribution in [0.15, 0.2) is 59.3 Å². The van der Waals surface area contributed by atoms with Gasteiger partial charge in [0.15, 0.2) is 0 Å². The van der Waals surface area contributed by atoms with Crippen LogP contribution in [0.2, 0.25) is 0 Å². The van der Waals surface area contributed by atoms with Crippen LogP contribution in [0.4, 0.5) is 29.2 Å². The number of aromatic amines is 1. The lowest BCUT2D eigenvalue weighted by molar-refractivity contribution is -0.138. The van der Waals surface area contributed by atoms with Crippen LogP contribution in [-0.2, 0) is 15.8 Å². The third-order valence-corrected chi connectivity index (χ3v) is 5.86. The number of H-pyrrole nitrogens is 1. The molecule has 1 atom stereocenters. The highest BCUT2D eigenvalue weighted by Crippen LogP contribution is 2.31. The number of amides is 1. The second-order valence-electron chi connectivity index (χ2n) is 8.85. The Hall–Kier alpha value is -4.33. The number of aromatic nitrogens is 4. The summed E-state index contributed by atoms with van der Waals surface area (Å²) in [4.78, 5) is 39.6. The van der Waals surface area contributed by atoms with Crippen LogP contribution in [0.5, 0.6) is 0 Å². The van der Waals surface area contributed by atoms with Crippen molar-refractivity contribution in [2.45, 2.75) is 32.0 Å². The number of nitrogens with zero attached hydrogens (tertiary/aromatic N) is 4. The zero-order valence-electron chi connectivity index (χ0n) is 20.8. The minimum Gasteiger partial charge on any atom is -0.378 e. The SMILES string of the molecule is CC(CONC(=O)CC1=CCN(c2ncc(-c3ccccc3F)cn2)CC1)Nc1cn[nH]c(=O)c1C(F)(F)F. The molecule has 0 fully saturated rings. The van der Waals surface area contributed by atoms with E-state index in [1.54, 1.807) is 35.7 Å². The Balaban J connectivity index is 1.23. The van der Waals surface area contributed by atoms with E-state index in [-0.39, 0.29) is 18.8 Å². The van der Waals surface area contributed by atoms with Gasteiger partial charge in [0, 0.05) is 49.1 Å². The maximum Gasteiger partial charge on any atom is 0.423 e. The van der Waals surface area contributed by atoms with Crippen molar-refractivity contribution in [1.29, 1.82) is 0 Å². The Kier molecular flexibility index (Phi) is 8.54. The van der Waals surface area contributed by atoms with Crippen molar-refractivity contribution in [3.63, 3.8) is 0 Å². The number of alkyl halides is 3. The van der Waals surface area contributed by atoms with Gasteiger partial charge in [0.1, 0.15) is 11.4 Å². The fraction of sp³-hybridized carbons (Fsp3) is 0.320. The molecule has 4 rings (SSSR count). The molecule has 1 aliphatic rings. The molecule has 0 aliphatic carbocycles. The first kappa shape index (κ1) is 27.7. The summed E-state index contributed by atoms with van der Waals surface area (Å²) in [6.45, 7) is 2.42. The fourth-order valence-corrected chi connectivity index (χ4v) is 3.96. The summed E-state index contributed by atoms with van der Waals surface area (Å²) >= 11 is 0. The van der Waals surface area contributed by atoms with Crippen LogP contribution in [0.3, 0.4) is 0 Å². The smallest absolute Gasteiger partial charge is 0.378 e. The van der Waals surface area contributed by atoms with Gasteiger partial charge in [-0.3, -0.25) is 14.4 Å². The number of hydrogen-bond acceptors (Lipinski definition) is 8. The lowest BCUT2D eigenvalue weighted by Gasteiger charge is -2.26. The molecule has 0 radical (unpaired) electrons. The molecule has 0 saturated carbocycles. The van der Waals surface area contributed by atoms with Gasteiger partial charge < -0.3 is 10.2 Å². The Morgan fingerprint density at radius 1 is 1.21 bits per heavy atom. The molecule has 1 aliphatic heterocycles. The average Bonchev–Trinajstić information content (AvgIpc) is 2.89. The Morgan fingerprint density at radius 2 is 1.95 bits per heavy atom. The molecular weight excluding hydrogens is 522 g/mol. The van der Waals surface area contributed by atoms with Crippen molar-refractivity contribution in [2.75, 3.05) is 29.9 Å². The molecule has 3 heterocycles. The summed E-state index contributed by atoms with van der Waals surface area (Å²) in [6, 6.07) is 5.70. The normalized spacial score (nSPS) is 14.5. The molecule has 1 amide bonds. The lowest BCUT2D eigenvalue weighted by atomic mass is 10.0. The molecule has 3 N–H and O–H groups in total. The Bertz CT molecular complexity index is 1390. The highest BCUT2D eigenvalue weighted by Gasteiger charge is 2.37. The van der Waals surface area contributed by atoms with Crippen molar-refractivity contribution >= 4 is 17.5 Å². The van der Waals surface area contributed by atoms with Gasteiger partial charge >= 0.3 is 6.18 Å². The summed E-state index contributed by atoms with van der Waals surface area (Å²) in [5.41, 5.74) is 0.905. The molecule has 10 nitrogen and oxygen atoms in total. The number of halogens is 4. The van der Waals surface area contributed by atoms with E-state index in [2.05, 4.69) is 25.9 Å². The number of rotatable bonds is 9. The first-order valence-electron chi connectivity index (χ1n) is 11.9. The van der Waals surface area contributed by atoms with Crippen LogP contribution < -0.4 is 21.3 Å². The molecule has 0 bridgehead atoms. The zero-order valence-corrected chi connectivity index (χ0v) is 20.8. The van der Waals surface area contributed by atoms with Gasteiger partial charge in [-0.15, -0.1) is 0 Å². The van der Waals surface area contributed by atoms with Crippen molar-refractivity contribution < 1.29 is 27.2 Å². The van der Waals surface area contributed by atoms with E-state index in [1.807, 2.05) is 11.0 Å². The number of nitrogens with one attached hydrogen (secondary N) is 3. The van der Waals surface area contributed by atoms with Gasteiger partial charge in [-0.2, -0.15) is 18.3 Å². The second-order valence-corrected chi connectivity index (χ2v) is 8.85. The summed E-state index contributed by atoms with van der Waals surface area (Å²) in [7, 11) is 0. The number of anilines is 2. The third kappa shape index (κ3) is 7.16. The first-order chi connectivity index (χ1) is 18.6. The molecule has 2 aromatic heterocycles. The molecule has 3 aromatic rings. The van der Waals surface area contributed by atoms with Gasteiger partial charge in [0.25, 0.3) is 5.56 Å². The second kappa shape index (κ2) is 12.0. The molecule has 39 heavy (non-hydrogen) atoms. The Labute approximate surface area is 220 Å². The van der Waals surface area contributed by atoms with E-state index < -0.39 is 34.9 Å². The monoisotopic (exact) mass is 547 g/mol. The first-order valence-corrected chi connectivity index (χ1v) is 11.9. The van der Waals surface area contributed by atoms with Gasteiger partial charge in [-0.05, 0) is 19.4 Å². The van der Waals surface area contributed by atoms with Crippen LogP contribution in [-0.4, -0.2) is 51.8 Å². The van der Waals surface area contributed by atoms with E-state index in [4.69, 9.17) is 4.84 Å². The van der Waals surface area contributed by atoms with Crippen molar-refractivity contribution in [3.05, 3.63) is 76.2 Å².